The normalized spacial score (nSPS) is 13.7. The molecule has 0 amide bonds. The second-order valence-electron chi connectivity index (χ2n) is 2.00. The Labute approximate surface area is 63.2 Å². The first-order valence-corrected chi connectivity index (χ1v) is 4.20. The Hall–Kier alpha value is 0.310. The molecular weight excluding hydrogens is 132 g/mol. The predicted molar refractivity (Wildman–Crippen MR) is 44.2 cm³/mol. The summed E-state index contributed by atoms with van der Waals surface area (Å²) < 4.78 is 5.38. The van der Waals surface area contributed by atoms with Crippen LogP contribution in [0.15, 0.2) is 0 Å². The molecule has 0 radical (unpaired) electrons. The fraction of sp³-hybridized carbons (Fsp3) is 1.00. The lowest BCUT2D eigenvalue weighted by Crippen LogP contribution is -2.11. The van der Waals surface area contributed by atoms with Crippen molar-refractivity contribution in [2.75, 3.05) is 12.4 Å². The van der Waals surface area contributed by atoms with E-state index in [1.165, 1.54) is 0 Å². The van der Waals surface area contributed by atoms with Crippen molar-refractivity contribution in [2.45, 2.75) is 32.8 Å². The van der Waals surface area contributed by atoms with E-state index in [0.29, 0.717) is 6.10 Å². The maximum Gasteiger partial charge on any atom is 0.0580 e. The Morgan fingerprint density at radius 2 is 2.11 bits per heavy atom. The minimum Gasteiger partial charge on any atom is -0.378 e. The van der Waals surface area contributed by atoms with Crippen LogP contribution in [0.5, 0.6) is 0 Å². The van der Waals surface area contributed by atoms with Gasteiger partial charge in [0.1, 0.15) is 0 Å². The van der Waals surface area contributed by atoms with Crippen LogP contribution in [0.25, 0.3) is 0 Å². The molecule has 0 saturated heterocycles. The molecular formula is C7H16OS. The number of hydrogen-bond donors (Lipinski definition) is 1. The first-order chi connectivity index (χ1) is 4.35. The molecule has 0 N–H and O–H groups in total. The lowest BCUT2D eigenvalue weighted by Gasteiger charge is -2.12. The van der Waals surface area contributed by atoms with Gasteiger partial charge in [-0.1, -0.05) is 6.92 Å². The molecule has 0 aromatic rings. The summed E-state index contributed by atoms with van der Waals surface area (Å²) in [6, 6.07) is 0. The minimum absolute atomic E-state index is 0.437. The summed E-state index contributed by atoms with van der Waals surface area (Å²) in [5.74, 6) is 0.929. The predicted octanol–water partition coefficient (Wildman–Crippen LogP) is 2.12. The highest BCUT2D eigenvalue weighted by Gasteiger charge is 2.01. The molecule has 0 heterocycles. The van der Waals surface area contributed by atoms with Crippen LogP contribution in [0.1, 0.15) is 26.7 Å². The fourth-order valence-electron chi connectivity index (χ4n) is 0.785. The quantitative estimate of drug-likeness (QED) is 0.588. The molecule has 0 aliphatic heterocycles. The number of thiol groups is 1. The summed E-state index contributed by atoms with van der Waals surface area (Å²) in [5.41, 5.74) is 0. The average Bonchev–Trinajstić information content (AvgIpc) is 1.88. The summed E-state index contributed by atoms with van der Waals surface area (Å²) in [5, 5.41) is 0. The summed E-state index contributed by atoms with van der Waals surface area (Å²) >= 11 is 4.13. The molecule has 1 atom stereocenters. The molecule has 9 heavy (non-hydrogen) atoms. The van der Waals surface area contributed by atoms with Gasteiger partial charge in [-0.15, -0.1) is 0 Å². The zero-order chi connectivity index (χ0) is 7.11. The van der Waals surface area contributed by atoms with E-state index in [-0.39, 0.29) is 0 Å². The van der Waals surface area contributed by atoms with Crippen molar-refractivity contribution in [2.24, 2.45) is 0 Å². The van der Waals surface area contributed by atoms with Gasteiger partial charge in [0.2, 0.25) is 0 Å². The third kappa shape index (κ3) is 4.79. The molecule has 0 bridgehead atoms. The molecule has 0 aromatic heterocycles. The highest BCUT2D eigenvalue weighted by Crippen LogP contribution is 2.03. The maximum atomic E-state index is 5.38. The molecule has 1 unspecified atom stereocenters. The molecule has 2 heteroatoms. The van der Waals surface area contributed by atoms with Crippen molar-refractivity contribution in [3.05, 3.63) is 0 Å². The average molecular weight is 148 g/mol. The Bertz CT molecular complexity index is 50.9. The van der Waals surface area contributed by atoms with Crippen molar-refractivity contribution in [1.82, 2.24) is 0 Å². The highest BCUT2D eigenvalue weighted by molar-refractivity contribution is 7.80. The lowest BCUT2D eigenvalue weighted by atomic mass is 10.2. The second-order valence-corrected chi connectivity index (χ2v) is 2.45. The molecule has 0 aliphatic rings. The van der Waals surface area contributed by atoms with Crippen LogP contribution in [0.4, 0.5) is 0 Å². The van der Waals surface area contributed by atoms with E-state index in [9.17, 15) is 0 Å². The Morgan fingerprint density at radius 1 is 1.44 bits per heavy atom. The summed E-state index contributed by atoms with van der Waals surface area (Å²) in [6.07, 6.45) is 2.62. The minimum atomic E-state index is 0.437. The molecule has 0 fully saturated rings. The first-order valence-electron chi connectivity index (χ1n) is 3.57. The fourth-order valence-corrected chi connectivity index (χ4v) is 1.07. The molecule has 56 valence electrons. The molecule has 0 spiro atoms. The second kappa shape index (κ2) is 6.43. The maximum absolute atomic E-state index is 5.38. The van der Waals surface area contributed by atoms with Crippen LogP contribution in [0.2, 0.25) is 0 Å². The number of ether oxygens (including phenoxy) is 1. The summed E-state index contributed by atoms with van der Waals surface area (Å²) in [6.45, 7) is 5.00. The van der Waals surface area contributed by atoms with E-state index in [1.807, 2.05) is 6.92 Å². The van der Waals surface area contributed by atoms with Gasteiger partial charge in [0.25, 0.3) is 0 Å². The van der Waals surface area contributed by atoms with Gasteiger partial charge in [-0.05, 0) is 25.5 Å². The Kier molecular flexibility index (Phi) is 6.65. The van der Waals surface area contributed by atoms with Gasteiger partial charge in [-0.2, -0.15) is 12.6 Å². The van der Waals surface area contributed by atoms with Gasteiger partial charge < -0.3 is 4.74 Å². The van der Waals surface area contributed by atoms with E-state index in [2.05, 4.69) is 19.6 Å². The highest BCUT2D eigenvalue weighted by atomic mass is 32.1. The van der Waals surface area contributed by atoms with E-state index in [1.54, 1.807) is 0 Å². The largest absolute Gasteiger partial charge is 0.378 e. The van der Waals surface area contributed by atoms with Crippen LogP contribution in [-0.4, -0.2) is 18.5 Å². The summed E-state index contributed by atoms with van der Waals surface area (Å²) in [7, 11) is 0. The van der Waals surface area contributed by atoms with Crippen molar-refractivity contribution in [1.29, 1.82) is 0 Å². The number of rotatable bonds is 5. The van der Waals surface area contributed by atoms with Crippen LogP contribution >= 0.6 is 12.6 Å². The third-order valence-corrected chi connectivity index (χ3v) is 1.57. The Morgan fingerprint density at radius 3 is 2.44 bits per heavy atom. The van der Waals surface area contributed by atoms with Crippen molar-refractivity contribution in [3.63, 3.8) is 0 Å². The zero-order valence-electron chi connectivity index (χ0n) is 6.26. The van der Waals surface area contributed by atoms with Gasteiger partial charge in [0.05, 0.1) is 6.10 Å². The van der Waals surface area contributed by atoms with Crippen LogP contribution in [0, 0.1) is 0 Å². The monoisotopic (exact) mass is 148 g/mol. The van der Waals surface area contributed by atoms with Crippen molar-refractivity contribution < 1.29 is 4.74 Å². The van der Waals surface area contributed by atoms with Gasteiger partial charge in [0.15, 0.2) is 0 Å². The van der Waals surface area contributed by atoms with Crippen LogP contribution in [0.3, 0.4) is 0 Å². The van der Waals surface area contributed by atoms with Gasteiger partial charge in [-0.3, -0.25) is 0 Å². The zero-order valence-corrected chi connectivity index (χ0v) is 7.16. The van der Waals surface area contributed by atoms with Crippen molar-refractivity contribution >= 4 is 12.6 Å². The molecule has 1 nitrogen and oxygen atoms in total. The van der Waals surface area contributed by atoms with E-state index in [0.717, 1.165) is 25.2 Å². The van der Waals surface area contributed by atoms with Crippen molar-refractivity contribution in [3.8, 4) is 0 Å². The van der Waals surface area contributed by atoms with E-state index >= 15 is 0 Å². The third-order valence-electron chi connectivity index (χ3n) is 1.31. The molecule has 0 rings (SSSR count). The smallest absolute Gasteiger partial charge is 0.0580 e. The molecule has 0 saturated carbocycles. The van der Waals surface area contributed by atoms with Gasteiger partial charge in [-0.25, -0.2) is 0 Å². The first kappa shape index (κ1) is 9.31. The number of hydrogen-bond acceptors (Lipinski definition) is 2. The van der Waals surface area contributed by atoms with E-state index in [4.69, 9.17) is 4.74 Å². The standard InChI is InChI=1S/C7H16OS/c1-3-7(5-6-9)8-4-2/h7,9H,3-6H2,1-2H3. The lowest BCUT2D eigenvalue weighted by molar-refractivity contribution is 0.0587. The molecule has 0 aromatic carbocycles. The van der Waals surface area contributed by atoms with E-state index < -0.39 is 0 Å². The summed E-state index contributed by atoms with van der Waals surface area (Å²) in [4.78, 5) is 0. The molecule has 0 aliphatic carbocycles. The SMILES string of the molecule is CCOC(CC)CCS. The van der Waals surface area contributed by atoms with Gasteiger partial charge in [0, 0.05) is 6.61 Å². The van der Waals surface area contributed by atoms with Gasteiger partial charge >= 0.3 is 0 Å². The van der Waals surface area contributed by atoms with Crippen LogP contribution in [-0.2, 0) is 4.74 Å². The Balaban J connectivity index is 3.18. The topological polar surface area (TPSA) is 9.23 Å². The van der Waals surface area contributed by atoms with Crippen LogP contribution < -0.4 is 0 Å².